The summed E-state index contributed by atoms with van der Waals surface area (Å²) in [6.07, 6.45) is 3.11. The topological polar surface area (TPSA) is 76.3 Å². The molecule has 0 spiro atoms. The van der Waals surface area contributed by atoms with E-state index in [9.17, 15) is 8.42 Å². The molecule has 6 heteroatoms. The van der Waals surface area contributed by atoms with Gasteiger partial charge in [-0.15, -0.1) is 0 Å². The van der Waals surface area contributed by atoms with E-state index in [-0.39, 0.29) is 4.90 Å². The Bertz CT molecular complexity index is 639. The van der Waals surface area contributed by atoms with Gasteiger partial charge >= 0.3 is 0 Å². The predicted molar refractivity (Wildman–Crippen MR) is 74.2 cm³/mol. The van der Waals surface area contributed by atoms with Crippen molar-refractivity contribution >= 4 is 15.7 Å². The molecule has 5 nitrogen and oxygen atoms in total. The van der Waals surface area contributed by atoms with Crippen LogP contribution in [-0.4, -0.2) is 20.4 Å². The van der Waals surface area contributed by atoms with Crippen molar-refractivity contribution in [3.05, 3.63) is 54.4 Å². The summed E-state index contributed by atoms with van der Waals surface area (Å²) in [6.45, 7) is 0.389. The van der Waals surface area contributed by atoms with Crippen LogP contribution in [0.4, 0.5) is 5.69 Å². The Balaban J connectivity index is 2.36. The molecule has 2 N–H and O–H groups in total. The minimum absolute atomic E-state index is 0.240. The third-order valence-electron chi connectivity index (χ3n) is 2.84. The fourth-order valence-corrected chi connectivity index (χ4v) is 2.84. The van der Waals surface area contributed by atoms with Crippen molar-refractivity contribution in [1.29, 1.82) is 0 Å². The number of nitrogens with zero attached hydrogens (tertiary/aromatic N) is 2. The maximum Gasteiger partial charge on any atom is 0.264 e. The van der Waals surface area contributed by atoms with Gasteiger partial charge in [-0.05, 0) is 29.8 Å². The van der Waals surface area contributed by atoms with Gasteiger partial charge in [-0.2, -0.15) is 0 Å². The predicted octanol–water partition coefficient (Wildman–Crippen LogP) is 1.37. The molecule has 1 heterocycles. The highest BCUT2D eigenvalue weighted by atomic mass is 32.2. The van der Waals surface area contributed by atoms with Crippen LogP contribution in [0, 0.1) is 0 Å². The lowest BCUT2D eigenvalue weighted by Gasteiger charge is -2.19. The summed E-state index contributed by atoms with van der Waals surface area (Å²) in [5, 5.41) is 0. The number of aromatic nitrogens is 1. The van der Waals surface area contributed by atoms with Gasteiger partial charge in [0.15, 0.2) is 0 Å². The largest absolute Gasteiger partial charge is 0.326 e. The maximum atomic E-state index is 12.4. The lowest BCUT2D eigenvalue weighted by atomic mass is 10.2. The fraction of sp³-hybridized carbons (Fsp3) is 0.154. The van der Waals surface area contributed by atoms with Gasteiger partial charge in [0, 0.05) is 26.0 Å². The second kappa shape index (κ2) is 5.38. The van der Waals surface area contributed by atoms with Crippen LogP contribution in [-0.2, 0) is 16.6 Å². The van der Waals surface area contributed by atoms with Crippen molar-refractivity contribution in [2.45, 2.75) is 11.4 Å². The number of hydrogen-bond donors (Lipinski definition) is 1. The van der Waals surface area contributed by atoms with Gasteiger partial charge in [-0.1, -0.05) is 12.1 Å². The molecule has 0 bridgehead atoms. The standard InChI is InChI=1S/C13H15N3O2S/c1-16(12-6-8-15-9-7-12)19(17,18)13-4-2-11(10-14)3-5-13/h2-9H,10,14H2,1H3. The van der Waals surface area contributed by atoms with Crippen LogP contribution in [0.5, 0.6) is 0 Å². The first kappa shape index (κ1) is 13.5. The van der Waals surface area contributed by atoms with Gasteiger partial charge < -0.3 is 5.73 Å². The van der Waals surface area contributed by atoms with E-state index >= 15 is 0 Å². The van der Waals surface area contributed by atoms with Crippen molar-refractivity contribution in [3.8, 4) is 0 Å². The summed E-state index contributed by atoms with van der Waals surface area (Å²) in [5.74, 6) is 0. The van der Waals surface area contributed by atoms with Crippen LogP contribution in [0.2, 0.25) is 0 Å². The highest BCUT2D eigenvalue weighted by Crippen LogP contribution is 2.21. The van der Waals surface area contributed by atoms with E-state index < -0.39 is 10.0 Å². The van der Waals surface area contributed by atoms with E-state index in [2.05, 4.69) is 4.98 Å². The monoisotopic (exact) mass is 277 g/mol. The Hall–Kier alpha value is -1.92. The third-order valence-corrected chi connectivity index (χ3v) is 4.64. The zero-order valence-electron chi connectivity index (χ0n) is 10.5. The van der Waals surface area contributed by atoms with E-state index in [4.69, 9.17) is 5.73 Å². The first-order chi connectivity index (χ1) is 9.05. The average molecular weight is 277 g/mol. The number of hydrogen-bond acceptors (Lipinski definition) is 4. The molecule has 0 radical (unpaired) electrons. The van der Waals surface area contributed by atoms with E-state index in [1.54, 1.807) is 48.8 Å². The van der Waals surface area contributed by atoms with E-state index in [1.165, 1.54) is 11.4 Å². The molecular weight excluding hydrogens is 262 g/mol. The Morgan fingerprint density at radius 2 is 1.68 bits per heavy atom. The van der Waals surface area contributed by atoms with Crippen molar-refractivity contribution in [3.63, 3.8) is 0 Å². The summed E-state index contributed by atoms with van der Waals surface area (Å²) in [6, 6.07) is 9.85. The molecule has 2 aromatic rings. The average Bonchev–Trinajstić information content (AvgIpc) is 2.47. The van der Waals surface area contributed by atoms with Crippen LogP contribution in [0.15, 0.2) is 53.7 Å². The zero-order valence-corrected chi connectivity index (χ0v) is 11.3. The molecule has 0 saturated carbocycles. The quantitative estimate of drug-likeness (QED) is 0.915. The van der Waals surface area contributed by atoms with E-state index in [0.29, 0.717) is 12.2 Å². The summed E-state index contributed by atoms with van der Waals surface area (Å²) in [4.78, 5) is 4.11. The third kappa shape index (κ3) is 2.74. The molecular formula is C13H15N3O2S. The van der Waals surface area contributed by atoms with Gasteiger partial charge in [-0.25, -0.2) is 8.42 Å². The second-order valence-electron chi connectivity index (χ2n) is 4.03. The fourth-order valence-electron chi connectivity index (χ4n) is 1.65. The number of benzene rings is 1. The second-order valence-corrected chi connectivity index (χ2v) is 6.00. The summed E-state index contributed by atoms with van der Waals surface area (Å²) in [5.41, 5.74) is 6.95. The van der Waals surface area contributed by atoms with Gasteiger partial charge in [0.25, 0.3) is 10.0 Å². The molecule has 0 saturated heterocycles. The maximum absolute atomic E-state index is 12.4. The number of pyridine rings is 1. The minimum Gasteiger partial charge on any atom is -0.326 e. The first-order valence-electron chi connectivity index (χ1n) is 5.73. The number of rotatable bonds is 4. The van der Waals surface area contributed by atoms with Gasteiger partial charge in [0.05, 0.1) is 10.6 Å². The molecule has 2 rings (SSSR count). The summed E-state index contributed by atoms with van der Waals surface area (Å²) in [7, 11) is -2.04. The molecule has 1 aromatic heterocycles. The Morgan fingerprint density at radius 1 is 1.11 bits per heavy atom. The Kier molecular flexibility index (Phi) is 3.82. The van der Waals surface area contributed by atoms with Crippen molar-refractivity contribution < 1.29 is 8.42 Å². The normalized spacial score (nSPS) is 11.3. The van der Waals surface area contributed by atoms with Crippen LogP contribution < -0.4 is 10.0 Å². The molecule has 1 aromatic carbocycles. The molecule has 0 aliphatic heterocycles. The molecule has 0 aliphatic rings. The molecule has 0 aliphatic carbocycles. The van der Waals surface area contributed by atoms with Crippen molar-refractivity contribution in [2.24, 2.45) is 5.73 Å². The van der Waals surface area contributed by atoms with Crippen LogP contribution in [0.3, 0.4) is 0 Å². The van der Waals surface area contributed by atoms with Crippen LogP contribution >= 0.6 is 0 Å². The SMILES string of the molecule is CN(c1ccncc1)S(=O)(=O)c1ccc(CN)cc1. The van der Waals surface area contributed by atoms with Gasteiger partial charge in [0.2, 0.25) is 0 Å². The van der Waals surface area contributed by atoms with Gasteiger partial charge in [0.1, 0.15) is 0 Å². The van der Waals surface area contributed by atoms with E-state index in [1.807, 2.05) is 0 Å². The summed E-state index contributed by atoms with van der Waals surface area (Å²) >= 11 is 0. The highest BCUT2D eigenvalue weighted by molar-refractivity contribution is 7.92. The van der Waals surface area contributed by atoms with Gasteiger partial charge in [-0.3, -0.25) is 9.29 Å². The van der Waals surface area contributed by atoms with Crippen LogP contribution in [0.1, 0.15) is 5.56 Å². The lowest BCUT2D eigenvalue weighted by Crippen LogP contribution is -2.26. The minimum atomic E-state index is -3.55. The zero-order chi connectivity index (χ0) is 13.9. The smallest absolute Gasteiger partial charge is 0.264 e. The molecule has 0 atom stereocenters. The van der Waals surface area contributed by atoms with Crippen molar-refractivity contribution in [2.75, 3.05) is 11.4 Å². The molecule has 0 amide bonds. The van der Waals surface area contributed by atoms with Crippen molar-refractivity contribution in [1.82, 2.24) is 4.98 Å². The number of sulfonamides is 1. The molecule has 100 valence electrons. The Morgan fingerprint density at radius 3 is 2.21 bits per heavy atom. The molecule has 0 unspecified atom stereocenters. The Labute approximate surface area is 112 Å². The lowest BCUT2D eigenvalue weighted by molar-refractivity contribution is 0.594. The molecule has 0 fully saturated rings. The first-order valence-corrected chi connectivity index (χ1v) is 7.17. The molecule has 19 heavy (non-hydrogen) atoms. The summed E-state index contributed by atoms with van der Waals surface area (Å²) < 4.78 is 26.0. The highest BCUT2D eigenvalue weighted by Gasteiger charge is 2.20. The number of nitrogens with two attached hydrogens (primary N) is 1. The van der Waals surface area contributed by atoms with Crippen LogP contribution in [0.25, 0.3) is 0 Å². The van der Waals surface area contributed by atoms with E-state index in [0.717, 1.165) is 5.56 Å². The number of anilines is 1.